The van der Waals surface area contributed by atoms with Crippen molar-refractivity contribution in [2.75, 3.05) is 19.0 Å². The summed E-state index contributed by atoms with van der Waals surface area (Å²) < 4.78 is 26.4. The summed E-state index contributed by atoms with van der Waals surface area (Å²) in [6.45, 7) is 0. The fourth-order valence-electron chi connectivity index (χ4n) is 1.48. The number of aldehydes is 1. The number of hydrogen-bond acceptors (Lipinski definition) is 2. The molecule has 0 aromatic heterocycles. The zero-order chi connectivity index (χ0) is 11.4. The molecule has 82 valence electrons. The van der Waals surface area contributed by atoms with Crippen LogP contribution in [-0.2, 0) is 11.2 Å². The first kappa shape index (κ1) is 11.6. The van der Waals surface area contributed by atoms with E-state index in [1.54, 1.807) is 14.1 Å². The van der Waals surface area contributed by atoms with Gasteiger partial charge >= 0.3 is 0 Å². The molecule has 0 aliphatic carbocycles. The SMILES string of the molecule is CN(C)c1c(CCC=O)ccc(F)c1F. The highest BCUT2D eigenvalue weighted by Crippen LogP contribution is 2.25. The summed E-state index contributed by atoms with van der Waals surface area (Å²) in [4.78, 5) is 11.7. The van der Waals surface area contributed by atoms with E-state index in [1.807, 2.05) is 0 Å². The topological polar surface area (TPSA) is 20.3 Å². The third-order valence-corrected chi connectivity index (χ3v) is 2.13. The minimum absolute atomic E-state index is 0.219. The molecule has 0 aliphatic heterocycles. The van der Waals surface area contributed by atoms with Crippen LogP contribution in [0.3, 0.4) is 0 Å². The van der Waals surface area contributed by atoms with Crippen LogP contribution in [0.15, 0.2) is 12.1 Å². The van der Waals surface area contributed by atoms with Crippen LogP contribution in [0.4, 0.5) is 14.5 Å². The number of aryl methyl sites for hydroxylation is 1. The molecule has 0 spiro atoms. The van der Waals surface area contributed by atoms with Gasteiger partial charge in [0.05, 0.1) is 5.69 Å². The Hall–Kier alpha value is -1.45. The Kier molecular flexibility index (Phi) is 3.77. The lowest BCUT2D eigenvalue weighted by Gasteiger charge is -2.18. The van der Waals surface area contributed by atoms with E-state index in [4.69, 9.17) is 0 Å². The van der Waals surface area contributed by atoms with E-state index >= 15 is 0 Å². The number of halogens is 2. The van der Waals surface area contributed by atoms with Crippen molar-refractivity contribution in [2.45, 2.75) is 12.8 Å². The van der Waals surface area contributed by atoms with Crippen molar-refractivity contribution in [3.63, 3.8) is 0 Å². The predicted molar refractivity (Wildman–Crippen MR) is 55.1 cm³/mol. The highest BCUT2D eigenvalue weighted by atomic mass is 19.2. The van der Waals surface area contributed by atoms with Crippen molar-refractivity contribution < 1.29 is 13.6 Å². The first-order valence-electron chi connectivity index (χ1n) is 4.65. The number of nitrogens with zero attached hydrogens (tertiary/aromatic N) is 1. The first-order chi connectivity index (χ1) is 7.07. The molecule has 1 rings (SSSR count). The van der Waals surface area contributed by atoms with Crippen molar-refractivity contribution >= 4 is 12.0 Å². The Morgan fingerprint density at radius 3 is 2.53 bits per heavy atom. The minimum atomic E-state index is -0.867. The molecular weight excluding hydrogens is 200 g/mol. The van der Waals surface area contributed by atoms with Gasteiger partial charge in [0.1, 0.15) is 6.29 Å². The minimum Gasteiger partial charge on any atom is -0.375 e. The fourth-order valence-corrected chi connectivity index (χ4v) is 1.48. The Balaban J connectivity index is 3.14. The fraction of sp³-hybridized carbons (Fsp3) is 0.364. The van der Waals surface area contributed by atoms with Crippen molar-refractivity contribution in [1.29, 1.82) is 0 Å². The molecule has 0 N–H and O–H groups in total. The van der Waals surface area contributed by atoms with E-state index in [0.717, 1.165) is 12.4 Å². The maximum absolute atomic E-state index is 13.4. The molecule has 15 heavy (non-hydrogen) atoms. The molecule has 0 unspecified atom stereocenters. The summed E-state index contributed by atoms with van der Waals surface area (Å²) in [6.07, 6.45) is 1.50. The van der Waals surface area contributed by atoms with Gasteiger partial charge in [0, 0.05) is 20.5 Å². The van der Waals surface area contributed by atoms with Crippen molar-refractivity contribution in [3.05, 3.63) is 29.3 Å². The van der Waals surface area contributed by atoms with Crippen LogP contribution in [0.2, 0.25) is 0 Å². The molecular formula is C11H13F2NO. The molecule has 0 amide bonds. The Morgan fingerprint density at radius 1 is 1.33 bits per heavy atom. The molecule has 0 aliphatic rings. The van der Waals surface area contributed by atoms with E-state index in [0.29, 0.717) is 18.4 Å². The van der Waals surface area contributed by atoms with Gasteiger partial charge in [-0.1, -0.05) is 6.07 Å². The van der Waals surface area contributed by atoms with Gasteiger partial charge < -0.3 is 9.69 Å². The Morgan fingerprint density at radius 2 is 2.00 bits per heavy atom. The highest BCUT2D eigenvalue weighted by molar-refractivity contribution is 5.57. The molecule has 2 nitrogen and oxygen atoms in total. The Bertz CT molecular complexity index is 364. The Labute approximate surface area is 87.5 Å². The molecule has 0 bridgehead atoms. The van der Waals surface area contributed by atoms with Gasteiger partial charge in [-0.2, -0.15) is 0 Å². The average molecular weight is 213 g/mol. The quantitative estimate of drug-likeness (QED) is 0.714. The maximum Gasteiger partial charge on any atom is 0.182 e. The number of carbonyl (C=O) groups excluding carboxylic acids is 1. The van der Waals surface area contributed by atoms with Crippen molar-refractivity contribution in [3.8, 4) is 0 Å². The molecule has 0 saturated carbocycles. The number of benzene rings is 1. The van der Waals surface area contributed by atoms with Crippen LogP contribution in [-0.4, -0.2) is 20.4 Å². The van der Waals surface area contributed by atoms with Crippen molar-refractivity contribution in [1.82, 2.24) is 0 Å². The first-order valence-corrected chi connectivity index (χ1v) is 4.65. The third-order valence-electron chi connectivity index (χ3n) is 2.13. The zero-order valence-electron chi connectivity index (χ0n) is 8.76. The number of hydrogen-bond donors (Lipinski definition) is 0. The number of anilines is 1. The number of carbonyl (C=O) groups is 1. The lowest BCUT2D eigenvalue weighted by Crippen LogP contribution is -2.14. The molecule has 4 heteroatoms. The summed E-state index contributed by atoms with van der Waals surface area (Å²) in [6, 6.07) is 2.60. The van der Waals surface area contributed by atoms with Crippen LogP contribution >= 0.6 is 0 Å². The second-order valence-electron chi connectivity index (χ2n) is 3.47. The van der Waals surface area contributed by atoms with E-state index in [2.05, 4.69) is 0 Å². The zero-order valence-corrected chi connectivity index (χ0v) is 8.76. The smallest absolute Gasteiger partial charge is 0.182 e. The second kappa shape index (κ2) is 4.87. The molecule has 1 aromatic carbocycles. The van der Waals surface area contributed by atoms with Gasteiger partial charge in [-0.3, -0.25) is 0 Å². The normalized spacial score (nSPS) is 10.1. The molecule has 0 fully saturated rings. The lowest BCUT2D eigenvalue weighted by atomic mass is 10.1. The molecule has 0 radical (unpaired) electrons. The standard InChI is InChI=1S/C11H13F2NO/c1-14(2)11-8(4-3-7-15)5-6-9(12)10(11)13/h5-7H,3-4H2,1-2H3. The van der Waals surface area contributed by atoms with Crippen LogP contribution in [0, 0.1) is 11.6 Å². The molecule has 0 heterocycles. The summed E-state index contributed by atoms with van der Waals surface area (Å²) in [7, 11) is 3.28. The van der Waals surface area contributed by atoms with Crippen molar-refractivity contribution in [2.24, 2.45) is 0 Å². The lowest BCUT2D eigenvalue weighted by molar-refractivity contribution is -0.107. The summed E-state index contributed by atoms with van der Waals surface area (Å²) in [5, 5.41) is 0. The van der Waals surface area contributed by atoms with Gasteiger partial charge in [-0.05, 0) is 18.1 Å². The van der Waals surface area contributed by atoms with Crippen LogP contribution in [0.25, 0.3) is 0 Å². The van der Waals surface area contributed by atoms with Crippen LogP contribution in [0.5, 0.6) is 0 Å². The van der Waals surface area contributed by atoms with E-state index in [-0.39, 0.29) is 5.69 Å². The summed E-state index contributed by atoms with van der Waals surface area (Å²) in [5.41, 5.74) is 0.864. The molecule has 0 saturated heterocycles. The van der Waals surface area contributed by atoms with Gasteiger partial charge in [0.2, 0.25) is 0 Å². The average Bonchev–Trinajstić information content (AvgIpc) is 2.19. The van der Waals surface area contributed by atoms with E-state index in [9.17, 15) is 13.6 Å². The van der Waals surface area contributed by atoms with E-state index < -0.39 is 11.6 Å². The maximum atomic E-state index is 13.4. The monoisotopic (exact) mass is 213 g/mol. The third kappa shape index (κ3) is 2.52. The van der Waals surface area contributed by atoms with Crippen LogP contribution < -0.4 is 4.90 Å². The van der Waals surface area contributed by atoms with Gasteiger partial charge in [-0.15, -0.1) is 0 Å². The van der Waals surface area contributed by atoms with E-state index in [1.165, 1.54) is 11.0 Å². The van der Waals surface area contributed by atoms with Gasteiger partial charge in [0.15, 0.2) is 11.6 Å². The number of rotatable bonds is 4. The predicted octanol–water partition coefficient (Wildman–Crippen LogP) is 2.16. The van der Waals surface area contributed by atoms with Gasteiger partial charge in [-0.25, -0.2) is 8.78 Å². The van der Waals surface area contributed by atoms with Gasteiger partial charge in [0.25, 0.3) is 0 Å². The molecule has 1 aromatic rings. The summed E-state index contributed by atoms with van der Waals surface area (Å²) in [5.74, 6) is -1.73. The molecule has 0 atom stereocenters. The second-order valence-corrected chi connectivity index (χ2v) is 3.47. The van der Waals surface area contributed by atoms with Crippen LogP contribution in [0.1, 0.15) is 12.0 Å². The highest BCUT2D eigenvalue weighted by Gasteiger charge is 2.14. The largest absolute Gasteiger partial charge is 0.375 e. The summed E-state index contributed by atoms with van der Waals surface area (Å²) >= 11 is 0.